The molecule has 0 atom stereocenters. The summed E-state index contributed by atoms with van der Waals surface area (Å²) in [6.07, 6.45) is 3.21. The summed E-state index contributed by atoms with van der Waals surface area (Å²) >= 11 is 0. The first kappa shape index (κ1) is 19.9. The van der Waals surface area contributed by atoms with E-state index < -0.39 is 15.8 Å². The number of primary sulfonamides is 1. The van der Waals surface area contributed by atoms with E-state index in [2.05, 4.69) is 20.6 Å². The van der Waals surface area contributed by atoms with Crippen LogP contribution in [-0.4, -0.2) is 24.2 Å². The largest absolute Gasteiger partial charge is 0.338 e. The number of carbonyl (C=O) groups excluding carboxylic acids is 1. The molecule has 2 aromatic carbocycles. The fourth-order valence-corrected chi connectivity index (χ4v) is 3.73. The second-order valence-electron chi connectivity index (χ2n) is 6.86. The summed E-state index contributed by atoms with van der Waals surface area (Å²) < 4.78 is 36.9. The van der Waals surface area contributed by atoms with Crippen molar-refractivity contribution in [3.05, 3.63) is 65.6 Å². The number of sulfonamides is 1. The molecule has 0 amide bonds. The number of nitrogens with two attached hydrogens (primary N) is 1. The second-order valence-corrected chi connectivity index (χ2v) is 8.42. The molecular formula is C20H18FN5O3S. The molecule has 4 rings (SSSR count). The Kier molecular flexibility index (Phi) is 5.18. The number of hydrogen-bond donors (Lipinski definition) is 3. The monoisotopic (exact) mass is 427 g/mol. The Balaban J connectivity index is 1.55. The molecule has 30 heavy (non-hydrogen) atoms. The molecule has 8 nitrogen and oxygen atoms in total. The van der Waals surface area contributed by atoms with Gasteiger partial charge in [-0.05, 0) is 54.8 Å². The fourth-order valence-electron chi connectivity index (χ4n) is 3.21. The van der Waals surface area contributed by atoms with Crippen molar-refractivity contribution in [2.45, 2.75) is 24.2 Å². The van der Waals surface area contributed by atoms with Crippen LogP contribution in [0.25, 0.3) is 0 Å². The Morgan fingerprint density at radius 1 is 1.00 bits per heavy atom. The van der Waals surface area contributed by atoms with Gasteiger partial charge in [-0.3, -0.25) is 4.79 Å². The van der Waals surface area contributed by atoms with E-state index in [0.29, 0.717) is 23.4 Å². The number of Topliss-reactive ketones (excluding diaryl/α,β-unsaturated/α-hetero) is 1. The van der Waals surface area contributed by atoms with Crippen molar-refractivity contribution in [2.75, 3.05) is 10.6 Å². The van der Waals surface area contributed by atoms with Crippen LogP contribution in [-0.2, 0) is 16.4 Å². The molecule has 3 aromatic rings. The van der Waals surface area contributed by atoms with E-state index in [1.807, 2.05) is 6.07 Å². The summed E-state index contributed by atoms with van der Waals surface area (Å²) in [5, 5.41) is 10.8. The lowest BCUT2D eigenvalue weighted by molar-refractivity contribution is 0.0972. The third kappa shape index (κ3) is 4.29. The smallest absolute Gasteiger partial charge is 0.238 e. The summed E-state index contributed by atoms with van der Waals surface area (Å²) in [6.45, 7) is 0. The minimum Gasteiger partial charge on any atom is -0.338 e. The quantitative estimate of drug-likeness (QED) is 0.570. The molecule has 0 saturated carbocycles. The zero-order valence-corrected chi connectivity index (χ0v) is 16.5. The van der Waals surface area contributed by atoms with Crippen LogP contribution in [0.15, 0.2) is 53.6 Å². The minimum absolute atomic E-state index is 0.0302. The molecule has 1 heterocycles. The lowest BCUT2D eigenvalue weighted by Crippen LogP contribution is -2.12. The van der Waals surface area contributed by atoms with E-state index in [-0.39, 0.29) is 22.4 Å². The highest BCUT2D eigenvalue weighted by atomic mass is 32.2. The molecule has 0 aliphatic heterocycles. The Bertz CT molecular complexity index is 1230. The van der Waals surface area contributed by atoms with Crippen LogP contribution < -0.4 is 15.8 Å². The van der Waals surface area contributed by atoms with Gasteiger partial charge in [0.1, 0.15) is 0 Å². The Hall–Kier alpha value is -3.37. The standard InChI is InChI=1S/C20H18FN5O3S/c21-17-11-23-20(25-13-6-8-15(9-7-13)30(22,28)29)26-19(17)24-14-5-4-12-2-1-3-18(27)16(12)10-14/h4-11H,1-3H2,(H2,22,28,29)(H2,23,24,25,26). The average molecular weight is 427 g/mol. The summed E-state index contributed by atoms with van der Waals surface area (Å²) in [4.78, 5) is 20.1. The van der Waals surface area contributed by atoms with Gasteiger partial charge in [-0.25, -0.2) is 22.9 Å². The number of benzene rings is 2. The molecule has 4 N–H and O–H groups in total. The number of anilines is 4. The fraction of sp³-hybridized carbons (Fsp3) is 0.150. The maximum Gasteiger partial charge on any atom is 0.238 e. The Labute approximate surface area is 172 Å². The van der Waals surface area contributed by atoms with Gasteiger partial charge >= 0.3 is 0 Å². The predicted molar refractivity (Wildman–Crippen MR) is 110 cm³/mol. The molecular weight excluding hydrogens is 409 g/mol. The van der Waals surface area contributed by atoms with E-state index in [1.54, 1.807) is 12.1 Å². The maximum atomic E-state index is 14.2. The maximum absolute atomic E-state index is 14.2. The van der Waals surface area contributed by atoms with Gasteiger partial charge in [-0.2, -0.15) is 4.98 Å². The number of aryl methyl sites for hydroxylation is 1. The van der Waals surface area contributed by atoms with Gasteiger partial charge in [0.05, 0.1) is 11.1 Å². The van der Waals surface area contributed by atoms with Gasteiger partial charge in [0.25, 0.3) is 0 Å². The first-order chi connectivity index (χ1) is 14.3. The van der Waals surface area contributed by atoms with Gasteiger partial charge in [-0.1, -0.05) is 6.07 Å². The number of ketones is 1. The minimum atomic E-state index is -3.79. The molecule has 0 saturated heterocycles. The molecule has 1 aliphatic rings. The number of fused-ring (bicyclic) bond motifs is 1. The van der Waals surface area contributed by atoms with Crippen molar-refractivity contribution in [3.63, 3.8) is 0 Å². The van der Waals surface area contributed by atoms with Gasteiger partial charge in [0, 0.05) is 23.4 Å². The summed E-state index contributed by atoms with van der Waals surface area (Å²) in [5.74, 6) is -0.532. The number of hydrogen-bond acceptors (Lipinski definition) is 7. The zero-order chi connectivity index (χ0) is 21.3. The highest BCUT2D eigenvalue weighted by Crippen LogP contribution is 2.27. The molecule has 1 aromatic heterocycles. The number of rotatable bonds is 5. The molecule has 10 heteroatoms. The second kappa shape index (κ2) is 7.81. The lowest BCUT2D eigenvalue weighted by Gasteiger charge is -2.16. The number of carbonyl (C=O) groups is 1. The lowest BCUT2D eigenvalue weighted by atomic mass is 9.90. The third-order valence-electron chi connectivity index (χ3n) is 4.71. The predicted octanol–water partition coefficient (Wildman–Crippen LogP) is 3.27. The molecule has 0 unspecified atom stereocenters. The number of nitrogens with one attached hydrogen (secondary N) is 2. The van der Waals surface area contributed by atoms with Crippen molar-refractivity contribution in [1.82, 2.24) is 9.97 Å². The van der Waals surface area contributed by atoms with Crippen LogP contribution in [0.5, 0.6) is 0 Å². The topological polar surface area (TPSA) is 127 Å². The van der Waals surface area contributed by atoms with Crippen LogP contribution in [0.1, 0.15) is 28.8 Å². The average Bonchev–Trinajstić information content (AvgIpc) is 2.71. The van der Waals surface area contributed by atoms with Gasteiger partial charge in [0.15, 0.2) is 17.4 Å². The SMILES string of the molecule is NS(=O)(=O)c1ccc(Nc2ncc(F)c(Nc3ccc4c(c3)C(=O)CCC4)n2)cc1. The first-order valence-electron chi connectivity index (χ1n) is 9.15. The number of aromatic nitrogens is 2. The third-order valence-corrected chi connectivity index (χ3v) is 5.64. The van der Waals surface area contributed by atoms with E-state index >= 15 is 0 Å². The van der Waals surface area contributed by atoms with Crippen LogP contribution in [0.3, 0.4) is 0 Å². The van der Waals surface area contributed by atoms with E-state index in [0.717, 1.165) is 24.6 Å². The summed E-state index contributed by atoms with van der Waals surface area (Å²) in [7, 11) is -3.79. The normalized spacial score (nSPS) is 13.6. The molecule has 0 radical (unpaired) electrons. The molecule has 0 bridgehead atoms. The Morgan fingerprint density at radius 3 is 2.47 bits per heavy atom. The van der Waals surface area contributed by atoms with Crippen molar-refractivity contribution in [3.8, 4) is 0 Å². The van der Waals surface area contributed by atoms with E-state index in [1.165, 1.54) is 24.3 Å². The molecule has 0 fully saturated rings. The Morgan fingerprint density at radius 2 is 1.73 bits per heavy atom. The van der Waals surface area contributed by atoms with Gasteiger partial charge < -0.3 is 10.6 Å². The van der Waals surface area contributed by atoms with Crippen LogP contribution in [0, 0.1) is 5.82 Å². The highest BCUT2D eigenvalue weighted by molar-refractivity contribution is 7.89. The molecule has 1 aliphatic carbocycles. The van der Waals surface area contributed by atoms with E-state index in [4.69, 9.17) is 5.14 Å². The zero-order valence-electron chi connectivity index (χ0n) is 15.7. The van der Waals surface area contributed by atoms with Crippen LogP contribution >= 0.6 is 0 Å². The summed E-state index contributed by atoms with van der Waals surface area (Å²) in [6, 6.07) is 11.0. The van der Waals surface area contributed by atoms with Crippen molar-refractivity contribution in [2.24, 2.45) is 5.14 Å². The molecule has 154 valence electrons. The number of nitrogens with zero attached hydrogens (tertiary/aromatic N) is 2. The van der Waals surface area contributed by atoms with Crippen LogP contribution in [0.4, 0.5) is 27.5 Å². The van der Waals surface area contributed by atoms with Gasteiger partial charge in [-0.15, -0.1) is 0 Å². The van der Waals surface area contributed by atoms with Crippen molar-refractivity contribution >= 4 is 38.9 Å². The highest BCUT2D eigenvalue weighted by Gasteiger charge is 2.18. The van der Waals surface area contributed by atoms with Crippen LogP contribution in [0.2, 0.25) is 0 Å². The van der Waals surface area contributed by atoms with Gasteiger partial charge in [0.2, 0.25) is 16.0 Å². The summed E-state index contributed by atoms with van der Waals surface area (Å²) in [5.41, 5.74) is 2.68. The first-order valence-corrected chi connectivity index (χ1v) is 10.7. The molecule has 0 spiro atoms. The van der Waals surface area contributed by atoms with Crippen molar-refractivity contribution < 1.29 is 17.6 Å². The number of halogens is 1. The van der Waals surface area contributed by atoms with E-state index in [9.17, 15) is 17.6 Å². The van der Waals surface area contributed by atoms with Crippen molar-refractivity contribution in [1.29, 1.82) is 0 Å².